The zero-order valence-electron chi connectivity index (χ0n) is 22.1. The summed E-state index contributed by atoms with van der Waals surface area (Å²) in [7, 11) is 0. The van der Waals surface area contributed by atoms with Crippen molar-refractivity contribution in [1.29, 1.82) is 0 Å². The molecule has 3 unspecified atom stereocenters. The maximum atomic E-state index is 14.7. The minimum atomic E-state index is -1.04. The number of aromatic nitrogens is 3. The van der Waals surface area contributed by atoms with E-state index in [1.54, 1.807) is 15.7 Å². The van der Waals surface area contributed by atoms with Crippen LogP contribution in [0.25, 0.3) is 11.0 Å². The molecule has 2 N–H and O–H groups in total. The molecule has 3 aliphatic rings. The van der Waals surface area contributed by atoms with Crippen LogP contribution in [0.1, 0.15) is 12.0 Å². The number of nitrogens with zero attached hydrogens (tertiary/aromatic N) is 5. The number of para-hydroxylation sites is 1. The van der Waals surface area contributed by atoms with Gasteiger partial charge in [-0.05, 0) is 30.5 Å². The van der Waals surface area contributed by atoms with Gasteiger partial charge in [-0.1, -0.05) is 69.7 Å². The van der Waals surface area contributed by atoms with Gasteiger partial charge in [0.25, 0.3) is 0 Å². The molecule has 0 aliphatic carbocycles. The van der Waals surface area contributed by atoms with Crippen LogP contribution in [-0.4, -0.2) is 92.8 Å². The molecular formula is C29H30BrN5O5S. The minimum absolute atomic E-state index is 0.0708. The van der Waals surface area contributed by atoms with Crippen molar-refractivity contribution in [1.82, 2.24) is 24.8 Å². The zero-order valence-corrected chi connectivity index (χ0v) is 24.5. The monoisotopic (exact) mass is 639 g/mol. The number of rotatable bonds is 10. The largest absolute Gasteiger partial charge is 0.481 e. The van der Waals surface area contributed by atoms with E-state index in [2.05, 4.69) is 32.8 Å². The maximum Gasteiger partial charge on any atom is 0.308 e. The number of amides is 2. The average molecular weight is 641 g/mol. The van der Waals surface area contributed by atoms with E-state index in [1.165, 1.54) is 16.7 Å². The summed E-state index contributed by atoms with van der Waals surface area (Å²) in [6.07, 6.45) is 2.41. The summed E-state index contributed by atoms with van der Waals surface area (Å²) in [5.74, 6) is -3.56. The molecule has 0 radical (unpaired) electrons. The Hall–Kier alpha value is -3.22. The van der Waals surface area contributed by atoms with Gasteiger partial charge in [0.1, 0.15) is 18.2 Å². The summed E-state index contributed by atoms with van der Waals surface area (Å²) in [6.45, 7) is 3.74. The van der Waals surface area contributed by atoms with Crippen LogP contribution in [-0.2, 0) is 27.5 Å². The highest BCUT2D eigenvalue weighted by atomic mass is 79.9. The van der Waals surface area contributed by atoms with Crippen molar-refractivity contribution in [2.45, 2.75) is 46.4 Å². The van der Waals surface area contributed by atoms with Gasteiger partial charge in [0.2, 0.25) is 11.8 Å². The molecule has 1 aromatic heterocycles. The van der Waals surface area contributed by atoms with Gasteiger partial charge in [-0.3, -0.25) is 14.4 Å². The molecule has 2 aromatic carbocycles. The smallest absolute Gasteiger partial charge is 0.308 e. The predicted octanol–water partition coefficient (Wildman–Crippen LogP) is 2.56. The fourth-order valence-electron chi connectivity index (χ4n) is 6.89. The minimum Gasteiger partial charge on any atom is -0.481 e. The Balaban J connectivity index is 1.43. The molecule has 3 aromatic rings. The number of hydrogen-bond acceptors (Lipinski definition) is 7. The molecule has 3 fully saturated rings. The highest BCUT2D eigenvalue weighted by molar-refractivity contribution is 9.09. The molecule has 10 nitrogen and oxygen atoms in total. The number of hydrogen-bond donors (Lipinski definition) is 2. The Morgan fingerprint density at radius 1 is 1.22 bits per heavy atom. The molecule has 7 atom stereocenters. The standard InChI is InChI=1S/C29H30BrN5O5S/c1-2-12-33(16-34-21-11-7-6-10-20(21)31-32-34)27(38)25-29-14-19(30)24(41-29)22(28(39)40)23(29)26(37)35(25)18(15-36)13-17-8-4-3-5-9-17/h2-11,18-19,22-25,36H,1,12-16H2,(H,39,40)/t18-,19?,22+,23+,24+,25?,29?/m1/s1. The first-order valence-electron chi connectivity index (χ1n) is 13.5. The first-order valence-corrected chi connectivity index (χ1v) is 15.3. The number of aliphatic hydroxyl groups is 1. The van der Waals surface area contributed by atoms with Gasteiger partial charge in [-0.15, -0.1) is 23.4 Å². The Bertz CT molecular complexity index is 1500. The van der Waals surface area contributed by atoms with Gasteiger partial charge in [0.05, 0.1) is 34.7 Å². The second kappa shape index (κ2) is 10.9. The number of carbonyl (C=O) groups excluding carboxylic acids is 2. The third-order valence-electron chi connectivity index (χ3n) is 8.55. The number of carboxylic acids is 1. The maximum absolute atomic E-state index is 14.7. The van der Waals surface area contributed by atoms with Gasteiger partial charge < -0.3 is 20.0 Å². The number of carbonyl (C=O) groups is 3. The fourth-order valence-corrected chi connectivity index (χ4v) is 10.5. The van der Waals surface area contributed by atoms with E-state index in [9.17, 15) is 24.6 Å². The highest BCUT2D eigenvalue weighted by Gasteiger charge is 2.76. The van der Waals surface area contributed by atoms with Gasteiger partial charge in [0.15, 0.2) is 0 Å². The van der Waals surface area contributed by atoms with Crippen molar-refractivity contribution in [3.05, 3.63) is 72.8 Å². The summed E-state index contributed by atoms with van der Waals surface area (Å²) in [5, 5.41) is 29.0. The molecular weight excluding hydrogens is 610 g/mol. The number of likely N-dealkylation sites (tertiary alicyclic amines) is 1. The lowest BCUT2D eigenvalue weighted by Crippen LogP contribution is -2.58. The highest BCUT2D eigenvalue weighted by Crippen LogP contribution is 2.68. The molecule has 3 saturated heterocycles. The van der Waals surface area contributed by atoms with Crippen molar-refractivity contribution in [2.24, 2.45) is 11.8 Å². The Morgan fingerprint density at radius 3 is 2.66 bits per heavy atom. The lowest BCUT2D eigenvalue weighted by Gasteiger charge is -2.39. The molecule has 214 valence electrons. The topological polar surface area (TPSA) is 129 Å². The molecule has 3 aliphatic heterocycles. The zero-order chi connectivity index (χ0) is 28.9. The van der Waals surface area contributed by atoms with Crippen LogP contribution in [0, 0.1) is 11.8 Å². The summed E-state index contributed by atoms with van der Waals surface area (Å²) >= 11 is 5.11. The van der Waals surface area contributed by atoms with E-state index in [4.69, 9.17) is 0 Å². The van der Waals surface area contributed by atoms with Crippen molar-refractivity contribution in [2.75, 3.05) is 13.2 Å². The normalized spacial score (nSPS) is 29.1. The Labute approximate surface area is 249 Å². The lowest BCUT2D eigenvalue weighted by atomic mass is 9.71. The van der Waals surface area contributed by atoms with Gasteiger partial charge in [-0.2, -0.15) is 0 Å². The van der Waals surface area contributed by atoms with Crippen molar-refractivity contribution in [3.8, 4) is 0 Å². The van der Waals surface area contributed by atoms with E-state index < -0.39 is 34.6 Å². The summed E-state index contributed by atoms with van der Waals surface area (Å²) in [5.41, 5.74) is 2.35. The molecule has 12 heteroatoms. The molecule has 4 heterocycles. The third-order valence-corrected chi connectivity index (χ3v) is 11.8. The van der Waals surface area contributed by atoms with E-state index in [-0.39, 0.29) is 41.7 Å². The fraction of sp³-hybridized carbons (Fsp3) is 0.414. The van der Waals surface area contributed by atoms with Crippen LogP contribution in [0.2, 0.25) is 0 Å². The predicted molar refractivity (Wildman–Crippen MR) is 157 cm³/mol. The van der Waals surface area contributed by atoms with Crippen molar-refractivity contribution >= 4 is 56.5 Å². The molecule has 1 spiro atoms. The van der Waals surface area contributed by atoms with Gasteiger partial charge in [0, 0.05) is 16.6 Å². The van der Waals surface area contributed by atoms with Crippen molar-refractivity contribution in [3.63, 3.8) is 0 Å². The Morgan fingerprint density at radius 2 is 1.95 bits per heavy atom. The number of fused-ring (bicyclic) bond motifs is 2. The first kappa shape index (κ1) is 27.9. The Kier molecular flexibility index (Phi) is 7.41. The second-order valence-corrected chi connectivity index (χ2v) is 13.6. The lowest BCUT2D eigenvalue weighted by molar-refractivity contribution is -0.150. The van der Waals surface area contributed by atoms with Crippen LogP contribution in [0.5, 0.6) is 0 Å². The van der Waals surface area contributed by atoms with Crippen molar-refractivity contribution < 1.29 is 24.6 Å². The molecule has 41 heavy (non-hydrogen) atoms. The SMILES string of the molecule is C=CCN(Cn1nnc2ccccc21)C(=O)C1N([C@@H](CO)Cc2ccccc2)C(=O)[C@@H]2[C@H](C(=O)O)[C@H]3SC12CC3Br. The number of halogens is 1. The molecule has 2 amide bonds. The molecule has 0 saturated carbocycles. The number of thioether (sulfide) groups is 1. The first-order chi connectivity index (χ1) is 19.8. The number of carboxylic acid groups (broad SMARTS) is 1. The second-order valence-electron chi connectivity index (χ2n) is 10.8. The van der Waals surface area contributed by atoms with Gasteiger partial charge >= 0.3 is 5.97 Å². The van der Waals surface area contributed by atoms with Crippen LogP contribution in [0.3, 0.4) is 0 Å². The van der Waals surface area contributed by atoms with E-state index in [0.717, 1.165) is 11.1 Å². The van der Waals surface area contributed by atoms with E-state index in [1.807, 2.05) is 54.6 Å². The molecule has 2 bridgehead atoms. The summed E-state index contributed by atoms with van der Waals surface area (Å²) in [6, 6.07) is 15.2. The number of alkyl halides is 1. The molecule has 6 rings (SSSR count). The summed E-state index contributed by atoms with van der Waals surface area (Å²) < 4.78 is 0.678. The number of benzene rings is 2. The average Bonchev–Trinajstić information content (AvgIpc) is 3.69. The van der Waals surface area contributed by atoms with Crippen LogP contribution in [0.4, 0.5) is 0 Å². The van der Waals surface area contributed by atoms with Crippen LogP contribution in [0.15, 0.2) is 67.3 Å². The number of aliphatic hydroxyl groups excluding tert-OH is 1. The van der Waals surface area contributed by atoms with E-state index >= 15 is 0 Å². The third kappa shape index (κ3) is 4.47. The number of aliphatic carboxylic acids is 1. The summed E-state index contributed by atoms with van der Waals surface area (Å²) in [4.78, 5) is 44.4. The van der Waals surface area contributed by atoms with Gasteiger partial charge in [-0.25, -0.2) is 4.68 Å². The quantitative estimate of drug-likeness (QED) is 0.256. The van der Waals surface area contributed by atoms with Crippen LogP contribution >= 0.6 is 27.7 Å². The van der Waals surface area contributed by atoms with Crippen LogP contribution < -0.4 is 0 Å². The van der Waals surface area contributed by atoms with E-state index in [0.29, 0.717) is 18.4 Å².